The quantitative estimate of drug-likeness (QED) is 0.818. The van der Waals surface area contributed by atoms with Crippen molar-refractivity contribution in [1.29, 1.82) is 0 Å². The maximum Gasteiger partial charge on any atom is 0.148 e. The van der Waals surface area contributed by atoms with Gasteiger partial charge in [-0.1, -0.05) is 19.1 Å². The Kier molecular flexibility index (Phi) is 3.44. The van der Waals surface area contributed by atoms with E-state index in [2.05, 4.69) is 40.3 Å². The summed E-state index contributed by atoms with van der Waals surface area (Å²) in [5, 5.41) is 4.74. The van der Waals surface area contributed by atoms with Crippen LogP contribution in [0, 0.1) is 0 Å². The van der Waals surface area contributed by atoms with Crippen molar-refractivity contribution in [1.82, 2.24) is 5.32 Å². The van der Waals surface area contributed by atoms with Gasteiger partial charge in [-0.15, -0.1) is 0 Å². The van der Waals surface area contributed by atoms with Gasteiger partial charge in [-0.25, -0.2) is 0 Å². The van der Waals surface area contributed by atoms with E-state index in [9.17, 15) is 0 Å². The molecule has 1 saturated carbocycles. The number of benzene rings is 1. The summed E-state index contributed by atoms with van der Waals surface area (Å²) < 4.78 is 7.13. The minimum absolute atomic E-state index is 0.721. The van der Waals surface area contributed by atoms with Crippen LogP contribution in [0.1, 0.15) is 43.4 Å². The number of hydrogen-bond acceptors (Lipinski definition) is 2. The van der Waals surface area contributed by atoms with Gasteiger partial charge in [0.05, 0.1) is 11.0 Å². The molecule has 96 valence electrons. The summed E-state index contributed by atoms with van der Waals surface area (Å²) in [6.45, 7) is 4.08. The molecule has 1 aliphatic carbocycles. The second-order valence-electron chi connectivity index (χ2n) is 5.01. The summed E-state index contributed by atoms with van der Waals surface area (Å²) in [6.07, 6.45) is 3.77. The number of halogens is 1. The van der Waals surface area contributed by atoms with Gasteiger partial charge in [0.15, 0.2) is 0 Å². The average molecular weight is 308 g/mol. The minimum atomic E-state index is 0.721. The summed E-state index contributed by atoms with van der Waals surface area (Å²) in [5.74, 6) is 1.85. The van der Waals surface area contributed by atoms with E-state index in [-0.39, 0.29) is 0 Å². The zero-order valence-corrected chi connectivity index (χ0v) is 12.2. The van der Waals surface area contributed by atoms with E-state index in [1.54, 1.807) is 0 Å². The molecule has 0 unspecified atom stereocenters. The molecule has 0 bridgehead atoms. The lowest BCUT2D eigenvalue weighted by molar-refractivity contribution is 0.506. The lowest BCUT2D eigenvalue weighted by atomic mass is 10.1. The maximum atomic E-state index is 6.07. The number of furan rings is 1. The van der Waals surface area contributed by atoms with Gasteiger partial charge in [0.1, 0.15) is 11.3 Å². The van der Waals surface area contributed by atoms with E-state index in [1.807, 2.05) is 6.07 Å². The third kappa shape index (κ3) is 2.21. The standard InChI is InChI=1S/C15H18BrNO/c1-2-8-17-9-13-14(10-6-7-10)11-4-3-5-12(16)15(11)18-13/h3-5,10,17H,2,6-9H2,1H3. The lowest BCUT2D eigenvalue weighted by Crippen LogP contribution is -2.14. The predicted molar refractivity (Wildman–Crippen MR) is 77.9 cm³/mol. The Morgan fingerprint density at radius 2 is 2.22 bits per heavy atom. The maximum absolute atomic E-state index is 6.07. The van der Waals surface area contributed by atoms with Crippen LogP contribution >= 0.6 is 15.9 Å². The largest absolute Gasteiger partial charge is 0.458 e. The highest BCUT2D eigenvalue weighted by atomic mass is 79.9. The molecule has 1 heterocycles. The van der Waals surface area contributed by atoms with Crippen LogP contribution in [0.3, 0.4) is 0 Å². The van der Waals surface area contributed by atoms with Crippen molar-refractivity contribution in [2.75, 3.05) is 6.54 Å². The molecule has 3 rings (SSSR count). The molecule has 0 atom stereocenters. The van der Waals surface area contributed by atoms with Crippen molar-refractivity contribution in [3.63, 3.8) is 0 Å². The van der Waals surface area contributed by atoms with Crippen LogP contribution in [0.15, 0.2) is 27.1 Å². The molecular weight excluding hydrogens is 290 g/mol. The second kappa shape index (κ2) is 5.06. The summed E-state index contributed by atoms with van der Waals surface area (Å²) in [4.78, 5) is 0. The van der Waals surface area contributed by atoms with Crippen molar-refractivity contribution in [2.24, 2.45) is 0 Å². The third-order valence-electron chi connectivity index (χ3n) is 3.48. The van der Waals surface area contributed by atoms with Crippen molar-refractivity contribution in [3.05, 3.63) is 34.0 Å². The fraction of sp³-hybridized carbons (Fsp3) is 0.467. The Bertz CT molecular complexity index is 557. The fourth-order valence-electron chi connectivity index (χ4n) is 2.48. The Balaban J connectivity index is 2.01. The summed E-state index contributed by atoms with van der Waals surface area (Å²) in [7, 11) is 0. The van der Waals surface area contributed by atoms with Crippen LogP contribution in [0.25, 0.3) is 11.0 Å². The Labute approximate surface area is 116 Å². The average Bonchev–Trinajstić information content (AvgIpc) is 3.12. The van der Waals surface area contributed by atoms with E-state index < -0.39 is 0 Å². The Morgan fingerprint density at radius 3 is 2.94 bits per heavy atom. The van der Waals surface area contributed by atoms with Crippen LogP contribution < -0.4 is 5.32 Å². The van der Waals surface area contributed by atoms with Crippen molar-refractivity contribution >= 4 is 26.9 Å². The molecule has 0 amide bonds. The van der Waals surface area contributed by atoms with E-state index >= 15 is 0 Å². The number of fused-ring (bicyclic) bond motifs is 1. The van der Waals surface area contributed by atoms with Crippen molar-refractivity contribution < 1.29 is 4.42 Å². The number of hydrogen-bond donors (Lipinski definition) is 1. The molecule has 1 aromatic heterocycles. The Morgan fingerprint density at radius 1 is 1.39 bits per heavy atom. The van der Waals surface area contributed by atoms with Crippen LogP contribution in [-0.4, -0.2) is 6.54 Å². The molecule has 1 aliphatic rings. The first kappa shape index (κ1) is 12.2. The number of nitrogens with one attached hydrogen (secondary N) is 1. The van der Waals surface area contributed by atoms with Crippen LogP contribution in [-0.2, 0) is 6.54 Å². The fourth-order valence-corrected chi connectivity index (χ4v) is 2.93. The molecule has 18 heavy (non-hydrogen) atoms. The molecule has 2 nitrogen and oxygen atoms in total. The normalized spacial score (nSPS) is 15.4. The van der Waals surface area contributed by atoms with Crippen LogP contribution in [0.5, 0.6) is 0 Å². The van der Waals surface area contributed by atoms with Gasteiger partial charge in [0.2, 0.25) is 0 Å². The van der Waals surface area contributed by atoms with Gasteiger partial charge in [0, 0.05) is 10.9 Å². The van der Waals surface area contributed by atoms with E-state index in [0.717, 1.165) is 41.2 Å². The highest BCUT2D eigenvalue weighted by Crippen LogP contribution is 2.47. The number of para-hydroxylation sites is 1. The Hall–Kier alpha value is -0.800. The molecule has 1 N–H and O–H groups in total. The molecule has 0 aliphatic heterocycles. The van der Waals surface area contributed by atoms with Gasteiger partial charge < -0.3 is 9.73 Å². The summed E-state index contributed by atoms with van der Waals surface area (Å²) >= 11 is 3.58. The molecule has 2 aromatic rings. The van der Waals surface area contributed by atoms with Gasteiger partial charge >= 0.3 is 0 Å². The van der Waals surface area contributed by atoms with Crippen molar-refractivity contribution in [2.45, 2.75) is 38.6 Å². The summed E-state index contributed by atoms with van der Waals surface area (Å²) in [6, 6.07) is 6.32. The van der Waals surface area contributed by atoms with Gasteiger partial charge in [-0.05, 0) is 53.7 Å². The van der Waals surface area contributed by atoms with Gasteiger partial charge in [-0.3, -0.25) is 0 Å². The first-order valence-corrected chi connectivity index (χ1v) is 7.51. The van der Waals surface area contributed by atoms with E-state index in [1.165, 1.54) is 23.8 Å². The molecule has 0 spiro atoms. The second-order valence-corrected chi connectivity index (χ2v) is 5.86. The lowest BCUT2D eigenvalue weighted by Gasteiger charge is -2.02. The molecule has 1 aromatic carbocycles. The topological polar surface area (TPSA) is 25.2 Å². The summed E-state index contributed by atoms with van der Waals surface area (Å²) in [5.41, 5.74) is 2.45. The van der Waals surface area contributed by atoms with E-state index in [4.69, 9.17) is 4.42 Å². The highest BCUT2D eigenvalue weighted by Gasteiger charge is 2.30. The minimum Gasteiger partial charge on any atom is -0.458 e. The highest BCUT2D eigenvalue weighted by molar-refractivity contribution is 9.10. The molecule has 3 heteroatoms. The van der Waals surface area contributed by atoms with Crippen LogP contribution in [0.2, 0.25) is 0 Å². The van der Waals surface area contributed by atoms with E-state index in [0.29, 0.717) is 0 Å². The van der Waals surface area contributed by atoms with Gasteiger partial charge in [0.25, 0.3) is 0 Å². The first-order valence-electron chi connectivity index (χ1n) is 6.71. The molecule has 0 radical (unpaired) electrons. The monoisotopic (exact) mass is 307 g/mol. The smallest absolute Gasteiger partial charge is 0.148 e. The zero-order valence-electron chi connectivity index (χ0n) is 10.6. The molecule has 1 fully saturated rings. The van der Waals surface area contributed by atoms with Crippen molar-refractivity contribution in [3.8, 4) is 0 Å². The molecule has 0 saturated heterocycles. The van der Waals surface area contributed by atoms with Gasteiger partial charge in [-0.2, -0.15) is 0 Å². The third-order valence-corrected chi connectivity index (χ3v) is 4.11. The van der Waals surface area contributed by atoms with Crippen LogP contribution in [0.4, 0.5) is 0 Å². The molecular formula is C15H18BrNO. The zero-order chi connectivity index (χ0) is 12.5. The SMILES string of the molecule is CCCNCc1oc2c(Br)cccc2c1C1CC1. The first-order chi connectivity index (χ1) is 8.81. The predicted octanol–water partition coefficient (Wildman–Crippen LogP) is 4.57. The number of rotatable bonds is 5.